The van der Waals surface area contributed by atoms with Crippen LogP contribution in [0, 0.1) is 11.3 Å². The molecule has 0 radical (unpaired) electrons. The minimum absolute atomic E-state index is 0.139. The van der Waals surface area contributed by atoms with Crippen molar-refractivity contribution < 1.29 is 21.6 Å². The van der Waals surface area contributed by atoms with E-state index in [9.17, 15) is 21.6 Å². The number of nitriles is 1. The van der Waals surface area contributed by atoms with Crippen LogP contribution in [0.15, 0.2) is 4.90 Å². The Morgan fingerprint density at radius 2 is 2.06 bits per heavy atom. The van der Waals surface area contributed by atoms with Crippen molar-refractivity contribution in [1.82, 2.24) is 0 Å². The molecule has 1 heterocycles. The number of halogens is 3. The van der Waals surface area contributed by atoms with Crippen LogP contribution in [0.1, 0.15) is 4.88 Å². The monoisotopic (exact) mass is 299 g/mol. The van der Waals surface area contributed by atoms with E-state index in [0.717, 1.165) is 6.26 Å². The Morgan fingerprint density at radius 3 is 2.44 bits per heavy atom. The molecule has 0 aromatic carbocycles. The lowest BCUT2D eigenvalue weighted by Gasteiger charge is -2.09. The lowest BCUT2D eigenvalue weighted by molar-refractivity contribution is -0.115. The van der Waals surface area contributed by atoms with Gasteiger partial charge in [-0.15, -0.1) is 11.3 Å². The third-order valence-electron chi connectivity index (χ3n) is 1.82. The van der Waals surface area contributed by atoms with Crippen molar-refractivity contribution in [2.24, 2.45) is 0 Å². The van der Waals surface area contributed by atoms with E-state index in [1.165, 1.54) is 0 Å². The zero-order chi connectivity index (χ0) is 14.1. The van der Waals surface area contributed by atoms with Crippen molar-refractivity contribution >= 4 is 31.9 Å². The Labute approximate surface area is 105 Å². The third-order valence-corrected chi connectivity index (χ3v) is 4.18. The van der Waals surface area contributed by atoms with Gasteiger partial charge >= 0.3 is 6.18 Å². The van der Waals surface area contributed by atoms with Gasteiger partial charge in [0.1, 0.15) is 27.4 Å². The molecule has 10 heteroatoms. The summed E-state index contributed by atoms with van der Waals surface area (Å²) < 4.78 is 59.0. The summed E-state index contributed by atoms with van der Waals surface area (Å²) in [5.41, 5.74) is 5.10. The van der Waals surface area contributed by atoms with Gasteiger partial charge in [-0.1, -0.05) is 0 Å². The minimum atomic E-state index is -4.50. The molecular formula is C8H8F3N3O2S2. The second-order valence-corrected chi connectivity index (χ2v) is 6.33. The second-order valence-electron chi connectivity index (χ2n) is 3.36. The number of anilines is 2. The highest BCUT2D eigenvalue weighted by Gasteiger charge is 2.30. The summed E-state index contributed by atoms with van der Waals surface area (Å²) in [6, 6.07) is 1.63. The maximum Gasteiger partial charge on any atom is 0.405 e. The summed E-state index contributed by atoms with van der Waals surface area (Å²) in [6.45, 7) is -1.40. The van der Waals surface area contributed by atoms with Gasteiger partial charge in [-0.3, -0.25) is 0 Å². The summed E-state index contributed by atoms with van der Waals surface area (Å²) in [6.07, 6.45) is -3.69. The summed E-state index contributed by atoms with van der Waals surface area (Å²) >= 11 is 0.577. The minimum Gasteiger partial charge on any atom is -0.396 e. The molecule has 0 bridgehead atoms. The lowest BCUT2D eigenvalue weighted by Crippen LogP contribution is -2.21. The largest absolute Gasteiger partial charge is 0.405 e. The SMILES string of the molecule is CS(=O)(=O)c1c(NCC(F)(F)F)sc(C#N)c1N. The molecule has 0 saturated carbocycles. The lowest BCUT2D eigenvalue weighted by atomic mass is 10.4. The first-order valence-electron chi connectivity index (χ1n) is 4.39. The molecule has 0 unspecified atom stereocenters. The molecule has 1 rings (SSSR count). The van der Waals surface area contributed by atoms with Crippen molar-refractivity contribution in [2.45, 2.75) is 11.1 Å². The molecule has 0 amide bonds. The van der Waals surface area contributed by atoms with E-state index in [1.54, 1.807) is 6.07 Å². The Balaban J connectivity index is 3.24. The quantitative estimate of drug-likeness (QED) is 0.883. The number of nitrogens with two attached hydrogens (primary N) is 1. The van der Waals surface area contributed by atoms with Gasteiger partial charge < -0.3 is 11.1 Å². The highest BCUT2D eigenvalue weighted by Crippen LogP contribution is 2.39. The maximum atomic E-state index is 12.1. The van der Waals surface area contributed by atoms with Crippen LogP contribution in [0.4, 0.5) is 23.9 Å². The predicted molar refractivity (Wildman–Crippen MR) is 61.1 cm³/mol. The molecule has 0 atom stereocenters. The van der Waals surface area contributed by atoms with E-state index in [-0.39, 0.29) is 15.6 Å². The zero-order valence-corrected chi connectivity index (χ0v) is 10.6. The number of hydrogen-bond acceptors (Lipinski definition) is 6. The van der Waals surface area contributed by atoms with Gasteiger partial charge in [0.15, 0.2) is 9.84 Å². The molecule has 0 aliphatic rings. The van der Waals surface area contributed by atoms with Gasteiger partial charge in [0, 0.05) is 6.26 Å². The van der Waals surface area contributed by atoms with Gasteiger partial charge in [-0.2, -0.15) is 18.4 Å². The molecule has 0 fully saturated rings. The molecular weight excluding hydrogens is 291 g/mol. The smallest absolute Gasteiger partial charge is 0.396 e. The Hall–Kier alpha value is -1.47. The first kappa shape index (κ1) is 14.6. The highest BCUT2D eigenvalue weighted by atomic mass is 32.2. The van der Waals surface area contributed by atoms with Crippen LogP contribution in [-0.2, 0) is 9.84 Å². The number of hydrogen-bond donors (Lipinski definition) is 2. The van der Waals surface area contributed by atoms with Crippen molar-refractivity contribution in [3.8, 4) is 6.07 Å². The van der Waals surface area contributed by atoms with Crippen molar-refractivity contribution in [3.05, 3.63) is 4.88 Å². The van der Waals surface area contributed by atoms with E-state index in [2.05, 4.69) is 0 Å². The topological polar surface area (TPSA) is 96.0 Å². The Kier molecular flexibility index (Phi) is 3.78. The molecule has 0 saturated heterocycles. The first-order chi connectivity index (χ1) is 8.06. The highest BCUT2D eigenvalue weighted by molar-refractivity contribution is 7.91. The fourth-order valence-corrected chi connectivity index (χ4v) is 3.54. The number of nitrogen functional groups attached to an aromatic ring is 1. The summed E-state index contributed by atoms with van der Waals surface area (Å²) in [5, 5.41) is 10.3. The van der Waals surface area contributed by atoms with Crippen LogP contribution in [0.3, 0.4) is 0 Å². The van der Waals surface area contributed by atoms with E-state index in [4.69, 9.17) is 11.0 Å². The molecule has 0 spiro atoms. The fourth-order valence-electron chi connectivity index (χ4n) is 1.18. The number of rotatable bonds is 3. The number of sulfone groups is 1. The average molecular weight is 299 g/mol. The normalized spacial score (nSPS) is 12.2. The molecule has 0 aliphatic heterocycles. The number of nitrogens with one attached hydrogen (secondary N) is 1. The second kappa shape index (κ2) is 4.66. The van der Waals surface area contributed by atoms with Crippen LogP contribution in [0.25, 0.3) is 0 Å². The van der Waals surface area contributed by atoms with E-state index >= 15 is 0 Å². The third kappa shape index (κ3) is 3.27. The van der Waals surface area contributed by atoms with Gasteiger partial charge in [0.25, 0.3) is 0 Å². The van der Waals surface area contributed by atoms with Gasteiger partial charge in [-0.05, 0) is 0 Å². The van der Waals surface area contributed by atoms with Crippen LogP contribution in [0.2, 0.25) is 0 Å². The first-order valence-corrected chi connectivity index (χ1v) is 7.10. The molecule has 100 valence electrons. The maximum absolute atomic E-state index is 12.1. The summed E-state index contributed by atoms with van der Waals surface area (Å²) in [4.78, 5) is -0.603. The van der Waals surface area contributed by atoms with Crippen molar-refractivity contribution in [2.75, 3.05) is 23.9 Å². The van der Waals surface area contributed by atoms with Crippen LogP contribution in [0.5, 0.6) is 0 Å². The molecule has 5 nitrogen and oxygen atoms in total. The fraction of sp³-hybridized carbons (Fsp3) is 0.375. The standard InChI is InChI=1S/C8H8F3N3O2S2/c1-18(15,16)6-5(13)4(2-12)17-7(6)14-3-8(9,10)11/h14H,3,13H2,1H3. The number of alkyl halides is 3. The molecule has 1 aromatic heterocycles. The van der Waals surface area contributed by atoms with Gasteiger partial charge in [0.2, 0.25) is 0 Å². The van der Waals surface area contributed by atoms with Crippen molar-refractivity contribution in [1.29, 1.82) is 5.26 Å². The molecule has 3 N–H and O–H groups in total. The van der Waals surface area contributed by atoms with E-state index in [0.29, 0.717) is 11.3 Å². The summed E-state index contributed by atoms with van der Waals surface area (Å²) in [5.74, 6) is 0. The van der Waals surface area contributed by atoms with E-state index < -0.39 is 27.5 Å². The van der Waals surface area contributed by atoms with Crippen LogP contribution in [-0.4, -0.2) is 27.4 Å². The van der Waals surface area contributed by atoms with E-state index in [1.807, 2.05) is 5.32 Å². The van der Waals surface area contributed by atoms with Gasteiger partial charge in [0.05, 0.1) is 5.69 Å². The molecule has 18 heavy (non-hydrogen) atoms. The average Bonchev–Trinajstić information content (AvgIpc) is 2.50. The number of nitrogens with zero attached hydrogens (tertiary/aromatic N) is 1. The summed E-state index contributed by atoms with van der Waals surface area (Å²) in [7, 11) is -3.82. The Morgan fingerprint density at radius 1 is 1.50 bits per heavy atom. The Bertz CT molecular complexity index is 598. The van der Waals surface area contributed by atoms with Gasteiger partial charge in [-0.25, -0.2) is 8.42 Å². The predicted octanol–water partition coefficient (Wildman–Crippen LogP) is 1.58. The number of thiophene rings is 1. The zero-order valence-electron chi connectivity index (χ0n) is 9.00. The van der Waals surface area contributed by atoms with Crippen molar-refractivity contribution in [3.63, 3.8) is 0 Å². The molecule has 1 aromatic rings. The van der Waals surface area contributed by atoms with Crippen LogP contribution >= 0.6 is 11.3 Å². The van der Waals surface area contributed by atoms with Crippen LogP contribution < -0.4 is 11.1 Å². The molecule has 0 aliphatic carbocycles.